The summed E-state index contributed by atoms with van der Waals surface area (Å²) in [5.74, 6) is -1.05. The van der Waals surface area contributed by atoms with Crippen LogP contribution in [0.5, 0.6) is 5.75 Å². The van der Waals surface area contributed by atoms with Gasteiger partial charge in [0, 0.05) is 20.0 Å². The lowest BCUT2D eigenvalue weighted by molar-refractivity contribution is -0.141. The zero-order valence-electron chi connectivity index (χ0n) is 11.6. The fraction of sp³-hybridized carbons (Fsp3) is 0.429. The van der Waals surface area contributed by atoms with E-state index in [1.54, 1.807) is 19.2 Å². The number of ether oxygens (including phenoxy) is 2. The standard InChI is InChI=1S/C14H18FNO4/c1-16(9-5-8-14(18)19-2)13(17)10-20-12-7-4-3-6-11(12)15/h3-4,6-7H,5,8-10H2,1-2H3. The summed E-state index contributed by atoms with van der Waals surface area (Å²) in [4.78, 5) is 24.1. The molecule has 1 rings (SSSR count). The number of amides is 1. The quantitative estimate of drug-likeness (QED) is 0.713. The smallest absolute Gasteiger partial charge is 0.305 e. The highest BCUT2D eigenvalue weighted by atomic mass is 19.1. The maximum atomic E-state index is 13.3. The first kappa shape index (κ1) is 15.9. The Balaban J connectivity index is 2.31. The topological polar surface area (TPSA) is 55.8 Å². The van der Waals surface area contributed by atoms with Gasteiger partial charge in [-0.1, -0.05) is 12.1 Å². The third kappa shape index (κ3) is 5.26. The molecule has 1 amide bonds. The number of rotatable bonds is 7. The van der Waals surface area contributed by atoms with E-state index in [2.05, 4.69) is 4.74 Å². The van der Waals surface area contributed by atoms with Crippen molar-refractivity contribution in [2.75, 3.05) is 27.3 Å². The number of halogens is 1. The summed E-state index contributed by atoms with van der Waals surface area (Å²) in [5, 5.41) is 0. The van der Waals surface area contributed by atoms with Crippen molar-refractivity contribution in [1.82, 2.24) is 4.90 Å². The predicted octanol–water partition coefficient (Wildman–Crippen LogP) is 1.62. The molecule has 0 bridgehead atoms. The minimum atomic E-state index is -0.506. The van der Waals surface area contributed by atoms with Crippen LogP contribution >= 0.6 is 0 Å². The summed E-state index contributed by atoms with van der Waals surface area (Å²) in [7, 11) is 2.92. The number of hydrogen-bond acceptors (Lipinski definition) is 4. The summed E-state index contributed by atoms with van der Waals surface area (Å²) in [6, 6.07) is 5.89. The van der Waals surface area contributed by atoms with Crippen molar-refractivity contribution in [3.63, 3.8) is 0 Å². The van der Waals surface area contributed by atoms with Crippen molar-refractivity contribution >= 4 is 11.9 Å². The van der Waals surface area contributed by atoms with Gasteiger partial charge in [0.05, 0.1) is 7.11 Å². The highest BCUT2D eigenvalue weighted by molar-refractivity contribution is 5.77. The van der Waals surface area contributed by atoms with Gasteiger partial charge in [0.25, 0.3) is 5.91 Å². The summed E-state index contributed by atoms with van der Waals surface area (Å²) in [5.41, 5.74) is 0. The molecule has 0 unspecified atom stereocenters. The largest absolute Gasteiger partial charge is 0.481 e. The Labute approximate surface area is 117 Å². The molecule has 0 atom stereocenters. The molecule has 110 valence electrons. The first-order chi connectivity index (χ1) is 9.54. The molecule has 1 aromatic carbocycles. The third-order valence-electron chi connectivity index (χ3n) is 2.72. The highest BCUT2D eigenvalue weighted by Gasteiger charge is 2.11. The molecule has 0 spiro atoms. The van der Waals surface area contributed by atoms with Crippen molar-refractivity contribution < 1.29 is 23.5 Å². The molecule has 20 heavy (non-hydrogen) atoms. The van der Waals surface area contributed by atoms with Crippen LogP contribution in [-0.4, -0.2) is 44.1 Å². The number of para-hydroxylation sites is 1. The van der Waals surface area contributed by atoms with E-state index in [0.29, 0.717) is 13.0 Å². The van der Waals surface area contributed by atoms with Crippen LogP contribution in [0, 0.1) is 5.82 Å². The van der Waals surface area contributed by atoms with Crippen LogP contribution in [0.2, 0.25) is 0 Å². The molecule has 0 N–H and O–H groups in total. The van der Waals surface area contributed by atoms with Gasteiger partial charge in [-0.3, -0.25) is 9.59 Å². The van der Waals surface area contributed by atoms with Crippen LogP contribution in [0.1, 0.15) is 12.8 Å². The number of methoxy groups -OCH3 is 1. The minimum Gasteiger partial charge on any atom is -0.481 e. The number of benzene rings is 1. The maximum Gasteiger partial charge on any atom is 0.305 e. The van der Waals surface area contributed by atoms with E-state index in [1.165, 1.54) is 24.1 Å². The summed E-state index contributed by atoms with van der Waals surface area (Å²) < 4.78 is 22.9. The Morgan fingerprint density at radius 2 is 2.00 bits per heavy atom. The van der Waals surface area contributed by atoms with Crippen molar-refractivity contribution in [3.8, 4) is 5.75 Å². The number of carbonyl (C=O) groups is 2. The lowest BCUT2D eigenvalue weighted by Gasteiger charge is -2.17. The summed E-state index contributed by atoms with van der Waals surface area (Å²) in [6.07, 6.45) is 0.761. The lowest BCUT2D eigenvalue weighted by atomic mass is 10.3. The molecule has 0 heterocycles. The van der Waals surface area contributed by atoms with Gasteiger partial charge in [-0.2, -0.15) is 0 Å². The van der Waals surface area contributed by atoms with Crippen LogP contribution in [-0.2, 0) is 14.3 Å². The van der Waals surface area contributed by atoms with Crippen molar-refractivity contribution in [2.24, 2.45) is 0 Å². The van der Waals surface area contributed by atoms with E-state index in [0.717, 1.165) is 0 Å². The van der Waals surface area contributed by atoms with Gasteiger partial charge in [0.1, 0.15) is 0 Å². The van der Waals surface area contributed by atoms with E-state index in [4.69, 9.17) is 4.74 Å². The number of esters is 1. The molecule has 0 aliphatic heterocycles. The lowest BCUT2D eigenvalue weighted by Crippen LogP contribution is -2.32. The molecule has 0 aromatic heterocycles. The molecule has 5 nitrogen and oxygen atoms in total. The van der Waals surface area contributed by atoms with Gasteiger partial charge in [-0.25, -0.2) is 4.39 Å². The Hall–Kier alpha value is -2.11. The van der Waals surface area contributed by atoms with Gasteiger partial charge >= 0.3 is 5.97 Å². The Bertz CT molecular complexity index is 464. The highest BCUT2D eigenvalue weighted by Crippen LogP contribution is 2.15. The SMILES string of the molecule is COC(=O)CCCN(C)C(=O)COc1ccccc1F. The molecule has 0 fully saturated rings. The summed E-state index contributed by atoms with van der Waals surface area (Å²) >= 11 is 0. The van der Waals surface area contributed by atoms with Crippen LogP contribution in [0.15, 0.2) is 24.3 Å². The average Bonchev–Trinajstić information content (AvgIpc) is 2.45. The molecule has 0 saturated carbocycles. The second-order valence-corrected chi connectivity index (χ2v) is 4.21. The van der Waals surface area contributed by atoms with E-state index in [-0.39, 0.29) is 30.7 Å². The molecular formula is C14H18FNO4. The van der Waals surface area contributed by atoms with Crippen molar-refractivity contribution in [3.05, 3.63) is 30.1 Å². The zero-order chi connectivity index (χ0) is 15.0. The minimum absolute atomic E-state index is 0.0452. The fourth-order valence-corrected chi connectivity index (χ4v) is 1.50. The van der Waals surface area contributed by atoms with E-state index < -0.39 is 5.82 Å². The molecule has 0 aliphatic carbocycles. The van der Waals surface area contributed by atoms with E-state index >= 15 is 0 Å². The van der Waals surface area contributed by atoms with E-state index in [1.807, 2.05) is 0 Å². The van der Waals surface area contributed by atoms with Crippen LogP contribution in [0.3, 0.4) is 0 Å². The van der Waals surface area contributed by atoms with Crippen LogP contribution in [0.4, 0.5) is 4.39 Å². The van der Waals surface area contributed by atoms with Crippen molar-refractivity contribution in [2.45, 2.75) is 12.8 Å². The molecule has 0 radical (unpaired) electrons. The fourth-order valence-electron chi connectivity index (χ4n) is 1.50. The van der Waals surface area contributed by atoms with Gasteiger partial charge in [0.15, 0.2) is 18.2 Å². The van der Waals surface area contributed by atoms with E-state index in [9.17, 15) is 14.0 Å². The third-order valence-corrected chi connectivity index (χ3v) is 2.72. The maximum absolute atomic E-state index is 13.3. The Morgan fingerprint density at radius 3 is 2.65 bits per heavy atom. The Morgan fingerprint density at radius 1 is 1.30 bits per heavy atom. The van der Waals surface area contributed by atoms with Crippen LogP contribution in [0.25, 0.3) is 0 Å². The molecular weight excluding hydrogens is 265 g/mol. The van der Waals surface area contributed by atoms with Gasteiger partial charge < -0.3 is 14.4 Å². The molecule has 1 aromatic rings. The second kappa shape index (κ2) is 8.14. The number of carbonyl (C=O) groups excluding carboxylic acids is 2. The van der Waals surface area contributed by atoms with Crippen LogP contribution < -0.4 is 4.74 Å². The van der Waals surface area contributed by atoms with Gasteiger partial charge in [-0.15, -0.1) is 0 Å². The number of nitrogens with zero attached hydrogens (tertiary/aromatic N) is 1. The first-order valence-electron chi connectivity index (χ1n) is 6.22. The second-order valence-electron chi connectivity index (χ2n) is 4.21. The first-order valence-corrected chi connectivity index (χ1v) is 6.22. The molecule has 0 aliphatic rings. The van der Waals surface area contributed by atoms with Gasteiger partial charge in [-0.05, 0) is 18.6 Å². The Kier molecular flexibility index (Phi) is 6.49. The normalized spacial score (nSPS) is 9.95. The predicted molar refractivity (Wildman–Crippen MR) is 70.8 cm³/mol. The monoisotopic (exact) mass is 283 g/mol. The number of likely N-dealkylation sites (N-methyl/N-ethyl adjacent to an activating group) is 1. The van der Waals surface area contributed by atoms with Crippen molar-refractivity contribution in [1.29, 1.82) is 0 Å². The van der Waals surface area contributed by atoms with Gasteiger partial charge in [0.2, 0.25) is 0 Å². The zero-order valence-corrected chi connectivity index (χ0v) is 11.6. The summed E-state index contributed by atoms with van der Waals surface area (Å²) in [6.45, 7) is 0.171. The molecule has 6 heteroatoms. The number of hydrogen-bond donors (Lipinski definition) is 0. The molecule has 0 saturated heterocycles. The average molecular weight is 283 g/mol.